The van der Waals surface area contributed by atoms with Crippen molar-refractivity contribution in [2.24, 2.45) is 0 Å². The molecule has 2 aliphatic heterocycles. The molecule has 0 radical (unpaired) electrons. The Bertz CT molecular complexity index is 1140. The van der Waals surface area contributed by atoms with Gasteiger partial charge in [-0.2, -0.15) is 0 Å². The van der Waals surface area contributed by atoms with Crippen LogP contribution in [0.5, 0.6) is 0 Å². The Morgan fingerprint density at radius 2 is 0.655 bits per heavy atom. The summed E-state index contributed by atoms with van der Waals surface area (Å²) in [4.78, 5) is 5.17. The zero-order chi connectivity index (χ0) is 19.2. The topological polar surface area (TPSA) is 0 Å². The summed E-state index contributed by atoms with van der Waals surface area (Å²) in [5, 5.41) is 0. The minimum atomic E-state index is 1.18. The van der Waals surface area contributed by atoms with Crippen LogP contribution < -0.4 is 0 Å². The van der Waals surface area contributed by atoms with Crippen LogP contribution in [0.4, 0.5) is 0 Å². The Morgan fingerprint density at radius 1 is 0.379 bits per heavy atom. The fourth-order valence-corrected chi connectivity index (χ4v) is 6.15. The van der Waals surface area contributed by atoms with Gasteiger partial charge < -0.3 is 0 Å². The van der Waals surface area contributed by atoms with E-state index >= 15 is 0 Å². The smallest absolute Gasteiger partial charge is 0.0339 e. The van der Waals surface area contributed by atoms with Crippen LogP contribution in [0.1, 0.15) is 22.3 Å². The number of benzene rings is 4. The second kappa shape index (κ2) is 6.86. The molecule has 29 heavy (non-hydrogen) atoms. The Hall–Kier alpha value is -2.90. The van der Waals surface area contributed by atoms with Crippen molar-refractivity contribution in [3.63, 3.8) is 0 Å². The molecule has 136 valence electrons. The molecule has 0 aliphatic carbocycles. The Morgan fingerprint density at radius 3 is 0.966 bits per heavy atom. The molecule has 0 fully saturated rings. The summed E-state index contributed by atoms with van der Waals surface area (Å²) in [7, 11) is 0. The fourth-order valence-electron chi connectivity index (χ4n) is 3.97. The summed E-state index contributed by atoms with van der Waals surface area (Å²) in [5.41, 5.74) is 11.3. The van der Waals surface area contributed by atoms with Crippen LogP contribution in [0, 0.1) is 0 Å². The standard InChI is InChI=1S/C27H16S2/c1-5-13-24-18(9-1)22(19-10-2-6-14-25(19)28-24)17-23-20-11-3-7-15-26(20)29-27-16-8-4-12-21(23)27/h1-16H. The first-order valence-corrected chi connectivity index (χ1v) is 11.3. The van der Waals surface area contributed by atoms with Gasteiger partial charge in [-0.3, -0.25) is 0 Å². The second-order valence-corrected chi connectivity index (χ2v) is 9.23. The lowest BCUT2D eigenvalue weighted by Crippen LogP contribution is -2.01. The van der Waals surface area contributed by atoms with Crippen LogP contribution >= 0.6 is 23.5 Å². The first-order chi connectivity index (χ1) is 14.4. The molecule has 0 amide bonds. The summed E-state index contributed by atoms with van der Waals surface area (Å²) >= 11 is 3.69. The number of fused-ring (bicyclic) bond motifs is 4. The summed E-state index contributed by atoms with van der Waals surface area (Å²) in [6.45, 7) is 0. The van der Waals surface area contributed by atoms with E-state index in [0.29, 0.717) is 0 Å². The van der Waals surface area contributed by atoms with Gasteiger partial charge in [-0.25, -0.2) is 0 Å². The van der Waals surface area contributed by atoms with Gasteiger partial charge >= 0.3 is 0 Å². The van der Waals surface area contributed by atoms with Gasteiger partial charge in [0.1, 0.15) is 0 Å². The first-order valence-electron chi connectivity index (χ1n) is 9.63. The van der Waals surface area contributed by atoms with E-state index < -0.39 is 0 Å². The fraction of sp³-hybridized carbons (Fsp3) is 0. The van der Waals surface area contributed by atoms with E-state index in [0.717, 1.165) is 0 Å². The number of rotatable bonds is 0. The molecule has 0 saturated carbocycles. The normalized spacial score (nSPS) is 13.7. The quantitative estimate of drug-likeness (QED) is 0.237. The zero-order valence-corrected chi connectivity index (χ0v) is 17.2. The van der Waals surface area contributed by atoms with Crippen LogP contribution in [-0.2, 0) is 0 Å². The van der Waals surface area contributed by atoms with E-state index in [1.165, 1.54) is 53.0 Å². The third-order valence-corrected chi connectivity index (χ3v) is 7.62. The number of hydrogen-bond acceptors (Lipinski definition) is 2. The van der Waals surface area contributed by atoms with E-state index in [1.54, 1.807) is 0 Å². The monoisotopic (exact) mass is 404 g/mol. The molecule has 0 atom stereocenters. The SMILES string of the molecule is C(=C1c2ccccc2Sc2ccccc21)=C1c2ccccc2Sc2ccccc21. The molecule has 4 aromatic carbocycles. The van der Waals surface area contributed by atoms with E-state index in [9.17, 15) is 0 Å². The molecule has 0 unspecified atom stereocenters. The van der Waals surface area contributed by atoms with E-state index in [2.05, 4.69) is 103 Å². The largest absolute Gasteiger partial charge is 0.102 e. The van der Waals surface area contributed by atoms with Crippen LogP contribution in [0.25, 0.3) is 11.1 Å². The highest BCUT2D eigenvalue weighted by Gasteiger charge is 2.23. The summed E-state index contributed by atoms with van der Waals surface area (Å²) in [6, 6.07) is 34.7. The Balaban J connectivity index is 1.74. The van der Waals surface area contributed by atoms with Gasteiger partial charge in [0.05, 0.1) is 0 Å². The van der Waals surface area contributed by atoms with Gasteiger partial charge in [0.25, 0.3) is 0 Å². The van der Waals surface area contributed by atoms with Crippen molar-refractivity contribution < 1.29 is 0 Å². The van der Waals surface area contributed by atoms with Gasteiger partial charge in [0.2, 0.25) is 0 Å². The van der Waals surface area contributed by atoms with Crippen molar-refractivity contribution in [3.05, 3.63) is 125 Å². The maximum absolute atomic E-state index is 3.89. The van der Waals surface area contributed by atoms with Gasteiger partial charge in [-0.15, -0.1) is 5.73 Å². The lowest BCUT2D eigenvalue weighted by Gasteiger charge is -2.23. The lowest BCUT2D eigenvalue weighted by atomic mass is 9.93. The van der Waals surface area contributed by atoms with Crippen molar-refractivity contribution >= 4 is 34.7 Å². The van der Waals surface area contributed by atoms with Crippen molar-refractivity contribution in [1.82, 2.24) is 0 Å². The number of hydrogen-bond donors (Lipinski definition) is 0. The van der Waals surface area contributed by atoms with Crippen molar-refractivity contribution in [1.29, 1.82) is 0 Å². The second-order valence-electron chi connectivity index (χ2n) is 7.06. The molecule has 0 bridgehead atoms. The molecule has 0 spiro atoms. The first kappa shape index (κ1) is 17.0. The van der Waals surface area contributed by atoms with Crippen molar-refractivity contribution in [2.45, 2.75) is 19.6 Å². The van der Waals surface area contributed by atoms with Crippen LogP contribution in [-0.4, -0.2) is 0 Å². The summed E-state index contributed by atoms with van der Waals surface area (Å²) in [6.07, 6.45) is 0. The Kier molecular flexibility index (Phi) is 4.02. The average Bonchev–Trinajstić information content (AvgIpc) is 2.78. The lowest BCUT2D eigenvalue weighted by molar-refractivity contribution is 1.28. The predicted octanol–water partition coefficient (Wildman–Crippen LogP) is 7.78. The molecule has 0 saturated heterocycles. The molecule has 0 N–H and O–H groups in total. The van der Waals surface area contributed by atoms with Crippen LogP contribution in [0.15, 0.2) is 122 Å². The third-order valence-electron chi connectivity index (χ3n) is 5.32. The molecule has 0 aromatic heterocycles. The van der Waals surface area contributed by atoms with Gasteiger partial charge in [0.15, 0.2) is 0 Å². The van der Waals surface area contributed by atoms with Gasteiger partial charge in [-0.05, 0) is 24.3 Å². The molecule has 2 heterocycles. The van der Waals surface area contributed by atoms with E-state index in [1.807, 2.05) is 23.5 Å². The molecule has 4 aromatic rings. The van der Waals surface area contributed by atoms with Crippen LogP contribution in [0.3, 0.4) is 0 Å². The van der Waals surface area contributed by atoms with Gasteiger partial charge in [0, 0.05) is 53.0 Å². The molecule has 0 nitrogen and oxygen atoms in total. The highest BCUT2D eigenvalue weighted by Crippen LogP contribution is 2.48. The Labute approximate surface area is 179 Å². The van der Waals surface area contributed by atoms with Crippen LogP contribution in [0.2, 0.25) is 0 Å². The maximum atomic E-state index is 3.89. The van der Waals surface area contributed by atoms with E-state index in [-0.39, 0.29) is 0 Å². The molecular weight excluding hydrogens is 388 g/mol. The molecule has 6 rings (SSSR count). The van der Waals surface area contributed by atoms with Gasteiger partial charge in [-0.1, -0.05) is 96.3 Å². The minimum Gasteiger partial charge on any atom is -0.102 e. The average molecular weight is 405 g/mol. The molecular formula is C27H16S2. The third kappa shape index (κ3) is 2.81. The van der Waals surface area contributed by atoms with Crippen molar-refractivity contribution in [2.75, 3.05) is 0 Å². The highest BCUT2D eigenvalue weighted by molar-refractivity contribution is 7.99. The summed E-state index contributed by atoms with van der Waals surface area (Å²) in [5.74, 6) is 0. The molecule has 2 heteroatoms. The minimum absolute atomic E-state index is 1.18. The summed E-state index contributed by atoms with van der Waals surface area (Å²) < 4.78 is 0. The van der Waals surface area contributed by atoms with E-state index in [4.69, 9.17) is 0 Å². The highest BCUT2D eigenvalue weighted by atomic mass is 32.2. The maximum Gasteiger partial charge on any atom is 0.0339 e. The molecule has 2 aliphatic rings. The predicted molar refractivity (Wildman–Crippen MR) is 123 cm³/mol. The van der Waals surface area contributed by atoms with Crippen molar-refractivity contribution in [3.8, 4) is 0 Å². The zero-order valence-electron chi connectivity index (χ0n) is 15.6.